The first kappa shape index (κ1) is 15.1. The first-order chi connectivity index (χ1) is 10.4. The van der Waals surface area contributed by atoms with Crippen LogP contribution in [-0.4, -0.2) is 7.11 Å². The quantitative estimate of drug-likeness (QED) is 0.715. The van der Waals surface area contributed by atoms with Crippen LogP contribution in [0.15, 0.2) is 30.3 Å². The molecule has 0 radical (unpaired) electrons. The minimum absolute atomic E-state index is 0.144. The zero-order valence-corrected chi connectivity index (χ0v) is 14.4. The zero-order valence-electron chi connectivity index (χ0n) is 14.4. The predicted molar refractivity (Wildman–Crippen MR) is 93.9 cm³/mol. The number of rotatable bonds is 2. The summed E-state index contributed by atoms with van der Waals surface area (Å²) in [5.74, 6) is 0.967. The van der Waals surface area contributed by atoms with Crippen molar-refractivity contribution >= 4 is 0 Å². The van der Waals surface area contributed by atoms with E-state index in [4.69, 9.17) is 4.74 Å². The number of benzene rings is 2. The van der Waals surface area contributed by atoms with Gasteiger partial charge in [0.25, 0.3) is 0 Å². The molecule has 0 saturated carbocycles. The molecule has 1 aliphatic rings. The normalized spacial score (nSPS) is 14.0. The van der Waals surface area contributed by atoms with E-state index in [0.29, 0.717) is 0 Å². The van der Waals surface area contributed by atoms with Gasteiger partial charge in [0.15, 0.2) is 0 Å². The van der Waals surface area contributed by atoms with Crippen LogP contribution in [0.25, 0.3) is 11.1 Å². The average molecular weight is 294 g/mol. The van der Waals surface area contributed by atoms with E-state index in [2.05, 4.69) is 58.0 Å². The second-order valence-corrected chi connectivity index (χ2v) is 7.45. The van der Waals surface area contributed by atoms with E-state index in [1.165, 1.54) is 52.6 Å². The second kappa shape index (κ2) is 5.46. The van der Waals surface area contributed by atoms with Gasteiger partial charge in [0.05, 0.1) is 7.11 Å². The molecule has 0 N–H and O–H groups in total. The van der Waals surface area contributed by atoms with Crippen LogP contribution in [0, 0.1) is 6.92 Å². The summed E-state index contributed by atoms with van der Waals surface area (Å²) in [7, 11) is 1.76. The number of methoxy groups -OCH3 is 1. The number of ether oxygens (including phenoxy) is 1. The van der Waals surface area contributed by atoms with E-state index in [-0.39, 0.29) is 5.41 Å². The molecule has 0 atom stereocenters. The summed E-state index contributed by atoms with van der Waals surface area (Å²) >= 11 is 0. The van der Waals surface area contributed by atoms with E-state index in [0.717, 1.165) is 5.75 Å². The molecule has 3 rings (SSSR count). The fourth-order valence-electron chi connectivity index (χ4n) is 3.42. The second-order valence-electron chi connectivity index (χ2n) is 7.45. The van der Waals surface area contributed by atoms with Crippen LogP contribution in [-0.2, 0) is 18.3 Å². The summed E-state index contributed by atoms with van der Waals surface area (Å²) in [5, 5.41) is 0. The number of aryl methyl sites for hydroxylation is 3. The van der Waals surface area contributed by atoms with Crippen LogP contribution in [0.1, 0.15) is 49.4 Å². The Morgan fingerprint density at radius 2 is 1.59 bits per heavy atom. The topological polar surface area (TPSA) is 9.23 Å². The molecule has 2 aromatic carbocycles. The fraction of sp³-hybridized carbons (Fsp3) is 0.429. The van der Waals surface area contributed by atoms with Crippen LogP contribution >= 0.6 is 0 Å². The van der Waals surface area contributed by atoms with Gasteiger partial charge in [-0.1, -0.05) is 39.0 Å². The molecule has 0 saturated heterocycles. The maximum atomic E-state index is 5.64. The highest BCUT2D eigenvalue weighted by molar-refractivity contribution is 5.75. The Kier molecular flexibility index (Phi) is 3.76. The van der Waals surface area contributed by atoms with Gasteiger partial charge in [0, 0.05) is 5.56 Å². The summed E-state index contributed by atoms with van der Waals surface area (Å²) in [4.78, 5) is 0. The third kappa shape index (κ3) is 2.65. The molecule has 2 aromatic rings. The molecule has 0 heterocycles. The number of hydrogen-bond acceptors (Lipinski definition) is 1. The van der Waals surface area contributed by atoms with Crippen molar-refractivity contribution in [3.63, 3.8) is 0 Å². The predicted octanol–water partition coefficient (Wildman–Crippen LogP) is 5.46. The Bertz CT molecular complexity index is 705. The summed E-state index contributed by atoms with van der Waals surface area (Å²) in [6, 6.07) is 11.4. The lowest BCUT2D eigenvalue weighted by molar-refractivity contribution is 0.416. The Labute approximate surface area is 134 Å². The zero-order chi connectivity index (χ0) is 15.9. The van der Waals surface area contributed by atoms with Gasteiger partial charge >= 0.3 is 0 Å². The Morgan fingerprint density at radius 3 is 2.23 bits per heavy atom. The third-order valence-electron chi connectivity index (χ3n) is 4.79. The van der Waals surface area contributed by atoms with Crippen LogP contribution in [0.3, 0.4) is 0 Å². The van der Waals surface area contributed by atoms with Gasteiger partial charge in [-0.05, 0) is 71.6 Å². The van der Waals surface area contributed by atoms with Crippen molar-refractivity contribution in [1.82, 2.24) is 0 Å². The third-order valence-corrected chi connectivity index (χ3v) is 4.79. The molecule has 0 aliphatic heterocycles. The molecule has 1 heteroatoms. The maximum Gasteiger partial charge on any atom is 0.126 e. The van der Waals surface area contributed by atoms with Gasteiger partial charge in [0.2, 0.25) is 0 Å². The molecule has 0 spiro atoms. The van der Waals surface area contributed by atoms with Crippen molar-refractivity contribution in [3.8, 4) is 16.9 Å². The van der Waals surface area contributed by atoms with E-state index >= 15 is 0 Å². The first-order valence-electron chi connectivity index (χ1n) is 8.21. The maximum absolute atomic E-state index is 5.64. The van der Waals surface area contributed by atoms with E-state index in [1.807, 2.05) is 0 Å². The van der Waals surface area contributed by atoms with Gasteiger partial charge in [-0.3, -0.25) is 0 Å². The van der Waals surface area contributed by atoms with Crippen LogP contribution in [0.4, 0.5) is 0 Å². The smallest absolute Gasteiger partial charge is 0.126 e. The highest BCUT2D eigenvalue weighted by atomic mass is 16.5. The first-order valence-corrected chi connectivity index (χ1v) is 8.21. The van der Waals surface area contributed by atoms with Crippen molar-refractivity contribution in [1.29, 1.82) is 0 Å². The Balaban J connectivity index is 2.18. The lowest BCUT2D eigenvalue weighted by atomic mass is 9.84. The molecule has 0 bridgehead atoms. The van der Waals surface area contributed by atoms with Gasteiger partial charge in [-0.2, -0.15) is 0 Å². The van der Waals surface area contributed by atoms with Crippen molar-refractivity contribution in [2.45, 2.75) is 52.4 Å². The average Bonchev–Trinajstić information content (AvgIpc) is 2.91. The van der Waals surface area contributed by atoms with Crippen molar-refractivity contribution in [2.24, 2.45) is 0 Å². The van der Waals surface area contributed by atoms with Crippen LogP contribution < -0.4 is 4.74 Å². The molecule has 0 amide bonds. The fourth-order valence-corrected chi connectivity index (χ4v) is 3.42. The van der Waals surface area contributed by atoms with Gasteiger partial charge in [-0.15, -0.1) is 0 Å². The molecule has 22 heavy (non-hydrogen) atoms. The van der Waals surface area contributed by atoms with E-state index < -0.39 is 0 Å². The van der Waals surface area contributed by atoms with Crippen molar-refractivity contribution < 1.29 is 4.74 Å². The Morgan fingerprint density at radius 1 is 0.909 bits per heavy atom. The highest BCUT2D eigenvalue weighted by Gasteiger charge is 2.19. The largest absolute Gasteiger partial charge is 0.496 e. The molecule has 1 aliphatic carbocycles. The monoisotopic (exact) mass is 294 g/mol. The minimum atomic E-state index is 0.144. The summed E-state index contributed by atoms with van der Waals surface area (Å²) in [5.41, 5.74) is 8.45. The number of fused-ring (bicyclic) bond motifs is 1. The van der Waals surface area contributed by atoms with Crippen molar-refractivity contribution in [2.75, 3.05) is 7.11 Å². The molecule has 0 unspecified atom stereocenters. The van der Waals surface area contributed by atoms with E-state index in [9.17, 15) is 0 Å². The minimum Gasteiger partial charge on any atom is -0.496 e. The SMILES string of the molecule is COc1ccc(C(C)(C)C)cc1-c1cc2c(cc1C)CCC2. The Hall–Kier alpha value is -1.76. The summed E-state index contributed by atoms with van der Waals surface area (Å²) in [6.45, 7) is 8.99. The van der Waals surface area contributed by atoms with Crippen LogP contribution in [0.2, 0.25) is 0 Å². The molecule has 0 aromatic heterocycles. The standard InChI is InChI=1S/C21H26O/c1-14-11-15-7-6-8-16(15)12-18(14)19-13-17(21(2,3)4)9-10-20(19)22-5/h9-13H,6-8H2,1-5H3. The molecule has 116 valence electrons. The molecular weight excluding hydrogens is 268 g/mol. The van der Waals surface area contributed by atoms with Crippen LogP contribution in [0.5, 0.6) is 5.75 Å². The highest BCUT2D eigenvalue weighted by Crippen LogP contribution is 2.38. The lowest BCUT2D eigenvalue weighted by Gasteiger charge is -2.22. The van der Waals surface area contributed by atoms with E-state index in [1.54, 1.807) is 7.11 Å². The van der Waals surface area contributed by atoms with Crippen molar-refractivity contribution in [3.05, 3.63) is 52.6 Å². The van der Waals surface area contributed by atoms with Gasteiger partial charge in [0.1, 0.15) is 5.75 Å². The van der Waals surface area contributed by atoms with Gasteiger partial charge in [-0.25, -0.2) is 0 Å². The molecular formula is C21H26O. The lowest BCUT2D eigenvalue weighted by Crippen LogP contribution is -2.11. The van der Waals surface area contributed by atoms with Gasteiger partial charge < -0.3 is 4.74 Å². The molecule has 0 fully saturated rings. The molecule has 1 nitrogen and oxygen atoms in total. The number of hydrogen-bond donors (Lipinski definition) is 0. The summed E-state index contributed by atoms with van der Waals surface area (Å²) in [6.07, 6.45) is 3.73. The summed E-state index contributed by atoms with van der Waals surface area (Å²) < 4.78 is 5.64.